The Morgan fingerprint density at radius 2 is 2.12 bits per heavy atom. The molecule has 3 heterocycles. The third kappa shape index (κ3) is 2.83. The van der Waals surface area contributed by atoms with Gasteiger partial charge < -0.3 is 9.13 Å². The van der Waals surface area contributed by atoms with E-state index in [1.54, 1.807) is 18.0 Å². The highest BCUT2D eigenvalue weighted by atomic mass is 79.9. The van der Waals surface area contributed by atoms with Crippen LogP contribution in [0.3, 0.4) is 0 Å². The van der Waals surface area contributed by atoms with Crippen LogP contribution in [0.4, 0.5) is 0 Å². The molecule has 1 fully saturated rings. The zero-order valence-corrected chi connectivity index (χ0v) is 16.8. The van der Waals surface area contributed by atoms with Gasteiger partial charge in [0.2, 0.25) is 0 Å². The summed E-state index contributed by atoms with van der Waals surface area (Å²) in [5.41, 5.74) is 3.26. The molecule has 25 heavy (non-hydrogen) atoms. The number of aromatic nitrogens is 4. The van der Waals surface area contributed by atoms with Crippen molar-refractivity contribution in [2.45, 2.75) is 37.6 Å². The quantitative estimate of drug-likeness (QED) is 0.592. The summed E-state index contributed by atoms with van der Waals surface area (Å²) in [6, 6.07) is 4.43. The highest BCUT2D eigenvalue weighted by Gasteiger charge is 2.28. The molecule has 0 saturated heterocycles. The van der Waals surface area contributed by atoms with Gasteiger partial charge in [-0.2, -0.15) is 0 Å². The zero-order valence-electron chi connectivity index (χ0n) is 14.4. The van der Waals surface area contributed by atoms with Gasteiger partial charge in [-0.15, -0.1) is 11.8 Å². The average molecular weight is 419 g/mol. The molecule has 5 nitrogen and oxygen atoms in total. The smallest absolute Gasteiger partial charge is 0.277 e. The minimum absolute atomic E-state index is 0.0561. The lowest BCUT2D eigenvalue weighted by Gasteiger charge is -2.09. The first-order chi connectivity index (χ1) is 12.0. The van der Waals surface area contributed by atoms with Crippen LogP contribution in [0.2, 0.25) is 0 Å². The number of nitrogens with zero attached hydrogens (tertiary/aromatic N) is 4. The number of rotatable bonds is 4. The molecule has 0 bridgehead atoms. The Bertz CT molecular complexity index is 1040. The van der Waals surface area contributed by atoms with Gasteiger partial charge in [0.15, 0.2) is 5.82 Å². The van der Waals surface area contributed by atoms with E-state index in [1.807, 2.05) is 29.2 Å². The predicted molar refractivity (Wildman–Crippen MR) is 105 cm³/mol. The second-order valence-corrected chi connectivity index (χ2v) is 8.58. The van der Waals surface area contributed by atoms with Crippen molar-refractivity contribution in [1.82, 2.24) is 19.1 Å². The number of hydrogen-bond acceptors (Lipinski definition) is 4. The third-order valence-electron chi connectivity index (χ3n) is 4.51. The minimum atomic E-state index is 0.0561. The van der Waals surface area contributed by atoms with Gasteiger partial charge in [0.1, 0.15) is 11.2 Å². The van der Waals surface area contributed by atoms with Crippen LogP contribution in [-0.2, 0) is 7.05 Å². The Morgan fingerprint density at radius 3 is 2.80 bits per heavy atom. The summed E-state index contributed by atoms with van der Waals surface area (Å²) >= 11 is 5.21. The lowest BCUT2D eigenvalue weighted by molar-refractivity contribution is 0.685. The maximum atomic E-state index is 13.0. The molecule has 0 N–H and O–H groups in total. The summed E-state index contributed by atoms with van der Waals surface area (Å²) in [7, 11) is 1.91. The summed E-state index contributed by atoms with van der Waals surface area (Å²) in [4.78, 5) is 23.4. The molecule has 7 heteroatoms. The summed E-state index contributed by atoms with van der Waals surface area (Å²) in [5, 5.41) is 0. The number of aryl methyl sites for hydroxylation is 2. The van der Waals surface area contributed by atoms with Gasteiger partial charge in [-0.3, -0.25) is 9.78 Å². The Kier molecular flexibility index (Phi) is 4.24. The summed E-state index contributed by atoms with van der Waals surface area (Å²) in [6.45, 7) is 4.10. The molecule has 130 valence electrons. The molecule has 0 atom stereocenters. The van der Waals surface area contributed by atoms with E-state index >= 15 is 0 Å². The summed E-state index contributed by atoms with van der Waals surface area (Å²) in [5.74, 6) is 1.69. The molecule has 3 aromatic heterocycles. The molecule has 3 aromatic rings. The molecule has 1 aliphatic carbocycles. The SMILES string of the molecule is CCSc1cc(Br)cnc1-c1nc2cc(C)n(C3CC3)c(=O)c2n1C. The van der Waals surface area contributed by atoms with Crippen molar-refractivity contribution in [1.29, 1.82) is 0 Å². The van der Waals surface area contributed by atoms with Crippen LogP contribution in [0.1, 0.15) is 31.5 Å². The average Bonchev–Trinajstić information content (AvgIpc) is 3.32. The van der Waals surface area contributed by atoms with Crippen LogP contribution in [0.5, 0.6) is 0 Å². The largest absolute Gasteiger partial charge is 0.321 e. The maximum absolute atomic E-state index is 13.0. The van der Waals surface area contributed by atoms with Crippen molar-refractivity contribution in [2.75, 3.05) is 5.75 Å². The highest BCUT2D eigenvalue weighted by Crippen LogP contribution is 2.36. The molecule has 0 aromatic carbocycles. The molecule has 1 saturated carbocycles. The first-order valence-corrected chi connectivity index (χ1v) is 10.2. The minimum Gasteiger partial charge on any atom is -0.321 e. The van der Waals surface area contributed by atoms with Crippen LogP contribution in [-0.4, -0.2) is 24.9 Å². The highest BCUT2D eigenvalue weighted by molar-refractivity contribution is 9.10. The van der Waals surface area contributed by atoms with Crippen LogP contribution in [0.15, 0.2) is 32.5 Å². The van der Waals surface area contributed by atoms with Crippen molar-refractivity contribution < 1.29 is 0 Å². The van der Waals surface area contributed by atoms with Crippen molar-refractivity contribution in [3.63, 3.8) is 0 Å². The first-order valence-electron chi connectivity index (χ1n) is 8.38. The summed E-state index contributed by atoms with van der Waals surface area (Å²) in [6.07, 6.45) is 3.95. The van der Waals surface area contributed by atoms with Crippen LogP contribution >= 0.6 is 27.7 Å². The predicted octanol–water partition coefficient (Wildman–Crippen LogP) is 4.31. The second-order valence-electron chi connectivity index (χ2n) is 6.35. The van der Waals surface area contributed by atoms with Crippen molar-refractivity contribution in [3.05, 3.63) is 38.9 Å². The number of fused-ring (bicyclic) bond motifs is 1. The van der Waals surface area contributed by atoms with Crippen molar-refractivity contribution >= 4 is 38.7 Å². The number of imidazole rings is 1. The molecule has 4 rings (SSSR count). The van der Waals surface area contributed by atoms with E-state index in [9.17, 15) is 4.79 Å². The van der Waals surface area contributed by atoms with E-state index in [2.05, 4.69) is 33.9 Å². The molecule has 0 aliphatic heterocycles. The lowest BCUT2D eigenvalue weighted by Crippen LogP contribution is -2.22. The van der Waals surface area contributed by atoms with E-state index in [0.717, 1.165) is 50.7 Å². The van der Waals surface area contributed by atoms with Gasteiger partial charge in [0.05, 0.1) is 5.52 Å². The van der Waals surface area contributed by atoms with Crippen LogP contribution in [0, 0.1) is 6.92 Å². The van der Waals surface area contributed by atoms with E-state index in [4.69, 9.17) is 4.98 Å². The van der Waals surface area contributed by atoms with Crippen molar-refractivity contribution in [2.24, 2.45) is 7.05 Å². The Balaban J connectivity index is 1.97. The summed E-state index contributed by atoms with van der Waals surface area (Å²) < 4.78 is 4.76. The van der Waals surface area contributed by atoms with E-state index < -0.39 is 0 Å². The molecule has 0 spiro atoms. The van der Waals surface area contributed by atoms with Gasteiger partial charge in [-0.1, -0.05) is 6.92 Å². The van der Waals surface area contributed by atoms with Gasteiger partial charge >= 0.3 is 0 Å². The fraction of sp³-hybridized carbons (Fsp3) is 0.389. The van der Waals surface area contributed by atoms with E-state index in [-0.39, 0.29) is 5.56 Å². The topological polar surface area (TPSA) is 52.7 Å². The zero-order chi connectivity index (χ0) is 17.7. The van der Waals surface area contributed by atoms with E-state index in [1.165, 1.54) is 0 Å². The molecule has 1 aliphatic rings. The fourth-order valence-electron chi connectivity index (χ4n) is 3.27. The monoisotopic (exact) mass is 418 g/mol. The van der Waals surface area contributed by atoms with E-state index in [0.29, 0.717) is 11.6 Å². The Morgan fingerprint density at radius 1 is 1.36 bits per heavy atom. The van der Waals surface area contributed by atoms with Gasteiger partial charge in [0, 0.05) is 34.3 Å². The Hall–Kier alpha value is -1.60. The maximum Gasteiger partial charge on any atom is 0.277 e. The van der Waals surface area contributed by atoms with Gasteiger partial charge in [0.25, 0.3) is 5.56 Å². The van der Waals surface area contributed by atoms with Crippen LogP contribution in [0.25, 0.3) is 22.6 Å². The normalized spacial score (nSPS) is 14.4. The third-order valence-corrected chi connectivity index (χ3v) is 5.86. The number of thioether (sulfide) groups is 1. The number of halogens is 1. The standard InChI is InChI=1S/C18H19BrN4OS/c1-4-25-14-8-11(19)9-20-15(14)17-21-13-7-10(2)23(12-5-6-12)18(24)16(13)22(17)3/h7-9,12H,4-6H2,1-3H3. The molecular weight excluding hydrogens is 400 g/mol. The molecule has 0 unspecified atom stereocenters. The molecule has 0 radical (unpaired) electrons. The number of hydrogen-bond donors (Lipinski definition) is 0. The Labute approximate surface area is 158 Å². The lowest BCUT2D eigenvalue weighted by atomic mass is 10.3. The number of pyridine rings is 2. The van der Waals surface area contributed by atoms with Gasteiger partial charge in [-0.05, 0) is 53.6 Å². The second kappa shape index (κ2) is 6.29. The van der Waals surface area contributed by atoms with Gasteiger partial charge in [-0.25, -0.2) is 4.98 Å². The molecule has 0 amide bonds. The fourth-order valence-corrected chi connectivity index (χ4v) is 4.55. The first kappa shape index (κ1) is 16.8. The van der Waals surface area contributed by atoms with Crippen molar-refractivity contribution in [3.8, 4) is 11.5 Å². The molecular formula is C18H19BrN4OS. The van der Waals surface area contributed by atoms with Crippen LogP contribution < -0.4 is 5.56 Å².